The van der Waals surface area contributed by atoms with E-state index in [1.165, 1.54) is 6.21 Å². The number of allylic oxidation sites excluding steroid dienone is 1. The molecule has 0 saturated heterocycles. The van der Waals surface area contributed by atoms with E-state index < -0.39 is 5.97 Å². The molecule has 0 aliphatic heterocycles. The number of esters is 1. The molecule has 3 rings (SSSR count). The summed E-state index contributed by atoms with van der Waals surface area (Å²) in [7, 11) is 0. The van der Waals surface area contributed by atoms with E-state index in [9.17, 15) is 9.59 Å². The monoisotopic (exact) mass is 492 g/mol. The molecule has 3 aromatic rings. The number of carbonyl (C=O) groups excluding carboxylic acids is 2. The predicted molar refractivity (Wildman–Crippen MR) is 127 cm³/mol. The topological polar surface area (TPSA) is 77.0 Å². The van der Waals surface area contributed by atoms with Crippen LogP contribution in [0.2, 0.25) is 0 Å². The molecule has 1 N–H and O–H groups in total. The number of nitrogens with zero attached hydrogens (tertiary/aromatic N) is 1. The van der Waals surface area contributed by atoms with Gasteiger partial charge >= 0.3 is 5.97 Å². The van der Waals surface area contributed by atoms with Crippen LogP contribution < -0.4 is 14.9 Å². The Bertz CT molecular complexity index is 1130. The van der Waals surface area contributed by atoms with Gasteiger partial charge in [-0.2, -0.15) is 5.10 Å². The van der Waals surface area contributed by atoms with Crippen molar-refractivity contribution in [1.82, 2.24) is 5.43 Å². The molecule has 0 atom stereocenters. The van der Waals surface area contributed by atoms with Gasteiger partial charge in [-0.1, -0.05) is 36.4 Å². The van der Waals surface area contributed by atoms with Crippen molar-refractivity contribution in [3.63, 3.8) is 0 Å². The van der Waals surface area contributed by atoms with Crippen molar-refractivity contribution < 1.29 is 19.1 Å². The summed E-state index contributed by atoms with van der Waals surface area (Å²) in [6.07, 6.45) is 3.92. The lowest BCUT2D eigenvalue weighted by Gasteiger charge is -2.09. The van der Waals surface area contributed by atoms with Gasteiger partial charge in [0.15, 0.2) is 6.61 Å². The van der Waals surface area contributed by atoms with Gasteiger partial charge in [0.2, 0.25) is 0 Å². The van der Waals surface area contributed by atoms with E-state index in [0.29, 0.717) is 28.0 Å². The van der Waals surface area contributed by atoms with Gasteiger partial charge in [-0.15, -0.1) is 6.58 Å². The van der Waals surface area contributed by atoms with Crippen molar-refractivity contribution in [1.29, 1.82) is 0 Å². The standard InChI is InChI=1S/C25H21BrN2O4/c1-2-7-19-8-3-6-11-23(19)31-17-24(29)28-27-16-18-12-14-20(15-13-18)32-25(30)21-9-4-5-10-22(21)26/h2-6,8-16H,1,7,17H2,(H,28,29)/b27-16-. The number of carbonyl (C=O) groups is 2. The van der Waals surface area contributed by atoms with Crippen LogP contribution in [0.15, 0.2) is 95.0 Å². The molecule has 0 fully saturated rings. The molecule has 0 bridgehead atoms. The summed E-state index contributed by atoms with van der Waals surface area (Å²) in [6.45, 7) is 3.56. The molecule has 7 heteroatoms. The molecule has 6 nitrogen and oxygen atoms in total. The van der Waals surface area contributed by atoms with Crippen LogP contribution in [0.3, 0.4) is 0 Å². The van der Waals surface area contributed by atoms with E-state index in [-0.39, 0.29) is 12.5 Å². The van der Waals surface area contributed by atoms with Crippen LogP contribution in [0.4, 0.5) is 0 Å². The fourth-order valence-electron chi connectivity index (χ4n) is 2.73. The second-order valence-corrected chi connectivity index (χ2v) is 7.48. The highest BCUT2D eigenvalue weighted by Gasteiger charge is 2.11. The Hall–Kier alpha value is -3.71. The highest BCUT2D eigenvalue weighted by Crippen LogP contribution is 2.20. The molecule has 0 aromatic heterocycles. The van der Waals surface area contributed by atoms with Crippen molar-refractivity contribution in [3.05, 3.63) is 107 Å². The number of para-hydroxylation sites is 1. The van der Waals surface area contributed by atoms with Crippen molar-refractivity contribution >= 4 is 34.0 Å². The summed E-state index contributed by atoms with van der Waals surface area (Å²) in [5.74, 6) is 0.201. The van der Waals surface area contributed by atoms with Gasteiger partial charge in [-0.3, -0.25) is 4.79 Å². The second-order valence-electron chi connectivity index (χ2n) is 6.62. The number of amides is 1. The number of ether oxygens (including phenoxy) is 2. The number of halogens is 1. The zero-order valence-corrected chi connectivity index (χ0v) is 18.7. The van der Waals surface area contributed by atoms with E-state index in [2.05, 4.69) is 33.0 Å². The lowest BCUT2D eigenvalue weighted by Crippen LogP contribution is -2.24. The zero-order chi connectivity index (χ0) is 22.8. The van der Waals surface area contributed by atoms with Gasteiger partial charge in [0.25, 0.3) is 5.91 Å². The van der Waals surface area contributed by atoms with Crippen molar-refractivity contribution in [3.8, 4) is 11.5 Å². The Labute approximate surface area is 194 Å². The van der Waals surface area contributed by atoms with Crippen molar-refractivity contribution in [2.75, 3.05) is 6.61 Å². The third kappa shape index (κ3) is 6.65. The number of nitrogens with one attached hydrogen (secondary N) is 1. The smallest absolute Gasteiger partial charge is 0.344 e. The first-order chi connectivity index (χ1) is 15.6. The molecule has 0 unspecified atom stereocenters. The number of hydrazone groups is 1. The third-order valence-corrected chi connectivity index (χ3v) is 4.97. The molecule has 0 aliphatic carbocycles. The number of rotatable bonds is 9. The molecule has 0 saturated carbocycles. The minimum absolute atomic E-state index is 0.157. The Balaban J connectivity index is 1.48. The quantitative estimate of drug-likeness (QED) is 0.151. The molecule has 0 heterocycles. The minimum atomic E-state index is -0.458. The molecule has 162 valence electrons. The Morgan fingerprint density at radius 1 is 1.00 bits per heavy atom. The van der Waals surface area contributed by atoms with Crippen molar-refractivity contribution in [2.45, 2.75) is 6.42 Å². The van der Waals surface area contributed by atoms with E-state index in [4.69, 9.17) is 9.47 Å². The molecular formula is C25H21BrN2O4. The highest BCUT2D eigenvalue weighted by molar-refractivity contribution is 9.10. The number of hydrogen-bond donors (Lipinski definition) is 1. The zero-order valence-electron chi connectivity index (χ0n) is 17.2. The number of benzene rings is 3. The van der Waals surface area contributed by atoms with E-state index in [1.807, 2.05) is 24.3 Å². The van der Waals surface area contributed by atoms with Gasteiger partial charge in [-0.05, 0) is 75.9 Å². The lowest BCUT2D eigenvalue weighted by molar-refractivity contribution is -0.123. The molecule has 0 aliphatic rings. The van der Waals surface area contributed by atoms with Crippen LogP contribution in [0, 0.1) is 0 Å². The summed E-state index contributed by atoms with van der Waals surface area (Å²) in [6, 6.07) is 21.3. The van der Waals surface area contributed by atoms with Crippen LogP contribution in [0.25, 0.3) is 0 Å². The molecular weight excluding hydrogens is 472 g/mol. The summed E-state index contributed by atoms with van der Waals surface area (Å²) in [5.41, 5.74) is 4.55. The maximum Gasteiger partial charge on any atom is 0.344 e. The van der Waals surface area contributed by atoms with Gasteiger partial charge in [-0.25, -0.2) is 10.2 Å². The Kier molecular flexibility index (Phi) is 8.34. The average Bonchev–Trinajstić information content (AvgIpc) is 2.80. The molecule has 0 spiro atoms. The lowest BCUT2D eigenvalue weighted by atomic mass is 10.1. The van der Waals surface area contributed by atoms with Crippen molar-refractivity contribution in [2.24, 2.45) is 5.10 Å². The fourth-order valence-corrected chi connectivity index (χ4v) is 3.18. The molecule has 32 heavy (non-hydrogen) atoms. The van der Waals surface area contributed by atoms with Gasteiger partial charge in [0, 0.05) is 4.47 Å². The van der Waals surface area contributed by atoms with Gasteiger partial charge in [0.05, 0.1) is 11.8 Å². The minimum Gasteiger partial charge on any atom is -0.483 e. The van der Waals surface area contributed by atoms with Crippen LogP contribution in [0.5, 0.6) is 11.5 Å². The van der Waals surface area contributed by atoms with Crippen LogP contribution >= 0.6 is 15.9 Å². The van der Waals surface area contributed by atoms with E-state index >= 15 is 0 Å². The van der Waals surface area contributed by atoms with Crippen LogP contribution in [-0.2, 0) is 11.2 Å². The van der Waals surface area contributed by atoms with E-state index in [1.54, 1.807) is 54.6 Å². The third-order valence-electron chi connectivity index (χ3n) is 4.28. The molecule has 1 amide bonds. The molecule has 3 aromatic carbocycles. The summed E-state index contributed by atoms with van der Waals surface area (Å²) in [4.78, 5) is 24.2. The fraction of sp³-hybridized carbons (Fsp3) is 0.0800. The number of hydrogen-bond acceptors (Lipinski definition) is 5. The summed E-state index contributed by atoms with van der Waals surface area (Å²) >= 11 is 3.33. The normalized spacial score (nSPS) is 10.5. The Morgan fingerprint density at radius 2 is 1.72 bits per heavy atom. The second kappa shape index (κ2) is 11.6. The predicted octanol–water partition coefficient (Wildman–Crippen LogP) is 4.93. The maximum atomic E-state index is 12.2. The van der Waals surface area contributed by atoms with E-state index in [0.717, 1.165) is 11.1 Å². The van der Waals surface area contributed by atoms with Crippen LogP contribution in [0.1, 0.15) is 21.5 Å². The van der Waals surface area contributed by atoms with Crippen LogP contribution in [-0.4, -0.2) is 24.7 Å². The SMILES string of the molecule is C=CCc1ccccc1OCC(=O)N/N=C\c1ccc(OC(=O)c2ccccc2Br)cc1. The first-order valence-corrected chi connectivity index (χ1v) is 10.6. The van der Waals surface area contributed by atoms with Gasteiger partial charge in [0.1, 0.15) is 11.5 Å². The summed E-state index contributed by atoms with van der Waals surface area (Å²) in [5, 5.41) is 3.93. The first-order valence-electron chi connectivity index (χ1n) is 9.77. The maximum absolute atomic E-state index is 12.2. The Morgan fingerprint density at radius 3 is 2.47 bits per heavy atom. The molecule has 0 radical (unpaired) electrons. The first kappa shape index (κ1) is 23.0. The van der Waals surface area contributed by atoms with Gasteiger partial charge < -0.3 is 9.47 Å². The largest absolute Gasteiger partial charge is 0.483 e. The highest BCUT2D eigenvalue weighted by atomic mass is 79.9. The summed E-state index contributed by atoms with van der Waals surface area (Å²) < 4.78 is 11.6. The average molecular weight is 493 g/mol.